The molecule has 3 aromatic rings. The molecule has 0 aliphatic heterocycles. The van der Waals surface area contributed by atoms with Crippen molar-refractivity contribution in [1.82, 2.24) is 9.72 Å². The minimum atomic E-state index is -0.427. The molecule has 0 N–H and O–H groups in total. The molecular formula is C20H20N2O4S. The summed E-state index contributed by atoms with van der Waals surface area (Å²) in [7, 11) is 0. The summed E-state index contributed by atoms with van der Waals surface area (Å²) < 4.78 is 12.3. The number of aryl methyl sites for hydroxylation is 4. The molecule has 0 saturated heterocycles. The number of ketones is 1. The van der Waals surface area contributed by atoms with Crippen LogP contribution in [0, 0.1) is 20.8 Å². The van der Waals surface area contributed by atoms with E-state index in [1.54, 1.807) is 6.07 Å². The largest absolute Gasteiger partial charge is 0.453 e. The van der Waals surface area contributed by atoms with Gasteiger partial charge in [-0.2, -0.15) is 0 Å². The number of Topliss-reactive ketones (excluding diaryl/α,β-unsaturated/α-hetero) is 1. The predicted molar refractivity (Wildman–Crippen MR) is 101 cm³/mol. The van der Waals surface area contributed by atoms with Gasteiger partial charge in [-0.15, -0.1) is 11.3 Å². The van der Waals surface area contributed by atoms with Crippen LogP contribution in [0.3, 0.4) is 0 Å². The zero-order chi connectivity index (χ0) is 19.1. The van der Waals surface area contributed by atoms with E-state index in [1.807, 2.05) is 37.5 Å². The van der Waals surface area contributed by atoms with Gasteiger partial charge in [0, 0.05) is 27.9 Å². The summed E-state index contributed by atoms with van der Waals surface area (Å²) >= 11 is 1.48. The highest BCUT2D eigenvalue weighted by Crippen LogP contribution is 2.31. The Hall–Kier alpha value is -2.67. The molecule has 0 aromatic carbocycles. The molecule has 7 heteroatoms. The molecule has 3 heterocycles. The van der Waals surface area contributed by atoms with Crippen molar-refractivity contribution in [2.45, 2.75) is 40.0 Å². The predicted octanol–water partition coefficient (Wildman–Crippen LogP) is 3.98. The van der Waals surface area contributed by atoms with Crippen LogP contribution in [0.1, 0.15) is 54.0 Å². The minimum Gasteiger partial charge on any atom is -0.453 e. The second kappa shape index (κ2) is 6.81. The minimum absolute atomic E-state index is 0.230. The number of rotatable bonds is 5. The van der Waals surface area contributed by atoms with Gasteiger partial charge in [-0.1, -0.05) is 5.16 Å². The summed E-state index contributed by atoms with van der Waals surface area (Å²) in [6, 6.07) is 5.50. The third-order valence-corrected chi connectivity index (χ3v) is 6.08. The summed E-state index contributed by atoms with van der Waals surface area (Å²) in [5.41, 5.74) is 3.38. The normalized spacial score (nSPS) is 13.0. The molecule has 1 aliphatic rings. The number of carbonyl (C=O) groups is 2. The van der Waals surface area contributed by atoms with Gasteiger partial charge in [0.1, 0.15) is 10.6 Å². The van der Waals surface area contributed by atoms with Gasteiger partial charge in [-0.05, 0) is 57.7 Å². The molecule has 1 aliphatic carbocycles. The van der Waals surface area contributed by atoms with Crippen molar-refractivity contribution in [1.29, 1.82) is 0 Å². The van der Waals surface area contributed by atoms with Crippen molar-refractivity contribution in [3.05, 3.63) is 56.2 Å². The van der Waals surface area contributed by atoms with E-state index in [0.29, 0.717) is 22.0 Å². The van der Waals surface area contributed by atoms with Crippen molar-refractivity contribution in [3.63, 3.8) is 0 Å². The van der Waals surface area contributed by atoms with E-state index in [9.17, 15) is 9.59 Å². The molecular weight excluding hydrogens is 364 g/mol. The topological polar surface area (TPSA) is 74.3 Å². The SMILES string of the molecule is Cc1cc(-n2c(C)cc(C(=O)COC(=O)c3cc4c(s3)CCC4)c2C)no1. The van der Waals surface area contributed by atoms with E-state index in [2.05, 4.69) is 5.16 Å². The van der Waals surface area contributed by atoms with Crippen molar-refractivity contribution in [2.24, 2.45) is 0 Å². The number of aromatic nitrogens is 2. The first-order valence-electron chi connectivity index (χ1n) is 8.88. The van der Waals surface area contributed by atoms with E-state index >= 15 is 0 Å². The lowest BCUT2D eigenvalue weighted by molar-refractivity contribution is 0.0479. The van der Waals surface area contributed by atoms with Crippen LogP contribution >= 0.6 is 11.3 Å². The number of thiophene rings is 1. The molecule has 0 bridgehead atoms. The zero-order valence-corrected chi connectivity index (χ0v) is 16.3. The number of fused-ring (bicyclic) bond motifs is 1. The van der Waals surface area contributed by atoms with Gasteiger partial charge in [-0.25, -0.2) is 4.79 Å². The molecule has 6 nitrogen and oxygen atoms in total. The first-order valence-corrected chi connectivity index (χ1v) is 9.70. The number of hydrogen-bond acceptors (Lipinski definition) is 6. The lowest BCUT2D eigenvalue weighted by atomic mass is 10.1. The first-order chi connectivity index (χ1) is 12.9. The standard InChI is InChI=1S/C20H20N2O4S/c1-11-7-15(13(3)22(11)19-8-12(2)26-21-19)16(23)10-25-20(24)18-9-14-5-4-6-17(14)27-18/h7-9H,4-6,10H2,1-3H3. The van der Waals surface area contributed by atoms with E-state index in [1.165, 1.54) is 21.8 Å². The fraction of sp³-hybridized carbons (Fsp3) is 0.350. The Labute approximate surface area is 160 Å². The van der Waals surface area contributed by atoms with Crippen molar-refractivity contribution < 1.29 is 18.8 Å². The van der Waals surface area contributed by atoms with Crippen LogP contribution in [-0.2, 0) is 17.6 Å². The molecule has 3 aromatic heterocycles. The Balaban J connectivity index is 1.47. The van der Waals surface area contributed by atoms with E-state index in [4.69, 9.17) is 9.26 Å². The Kier molecular flexibility index (Phi) is 4.47. The summed E-state index contributed by atoms with van der Waals surface area (Å²) in [4.78, 5) is 26.7. The maximum atomic E-state index is 12.6. The zero-order valence-electron chi connectivity index (χ0n) is 15.5. The van der Waals surface area contributed by atoms with Gasteiger partial charge in [0.15, 0.2) is 12.4 Å². The molecule has 0 atom stereocenters. The second-order valence-electron chi connectivity index (χ2n) is 6.83. The number of hydrogen-bond donors (Lipinski definition) is 0. The molecule has 27 heavy (non-hydrogen) atoms. The summed E-state index contributed by atoms with van der Waals surface area (Å²) in [5.74, 6) is 0.671. The summed E-state index contributed by atoms with van der Waals surface area (Å²) in [6.07, 6.45) is 3.20. The van der Waals surface area contributed by atoms with Crippen LogP contribution in [0.2, 0.25) is 0 Å². The van der Waals surface area contributed by atoms with Crippen LogP contribution in [0.15, 0.2) is 22.7 Å². The molecule has 0 unspecified atom stereocenters. The summed E-state index contributed by atoms with van der Waals surface area (Å²) in [5, 5.41) is 4.01. The Morgan fingerprint density at radius 1 is 1.22 bits per heavy atom. The van der Waals surface area contributed by atoms with Gasteiger partial charge in [-0.3, -0.25) is 9.36 Å². The van der Waals surface area contributed by atoms with Crippen LogP contribution in [-0.4, -0.2) is 28.1 Å². The third-order valence-electron chi connectivity index (χ3n) is 4.86. The van der Waals surface area contributed by atoms with Crippen LogP contribution in [0.25, 0.3) is 5.82 Å². The van der Waals surface area contributed by atoms with Gasteiger partial charge >= 0.3 is 5.97 Å². The van der Waals surface area contributed by atoms with Gasteiger partial charge in [0.2, 0.25) is 5.78 Å². The maximum Gasteiger partial charge on any atom is 0.348 e. The fourth-order valence-corrected chi connectivity index (χ4v) is 4.71. The van der Waals surface area contributed by atoms with Crippen LogP contribution in [0.5, 0.6) is 0 Å². The van der Waals surface area contributed by atoms with Crippen LogP contribution < -0.4 is 0 Å². The third kappa shape index (κ3) is 3.23. The quantitative estimate of drug-likeness (QED) is 0.491. The number of carbonyl (C=O) groups excluding carboxylic acids is 2. The lowest BCUT2D eigenvalue weighted by Crippen LogP contribution is -2.14. The van der Waals surface area contributed by atoms with Gasteiger partial charge in [0.25, 0.3) is 0 Å². The Morgan fingerprint density at radius 2 is 2.04 bits per heavy atom. The average Bonchev–Trinajstić information content (AvgIpc) is 3.36. The van der Waals surface area contributed by atoms with E-state index in [0.717, 1.165) is 30.7 Å². The van der Waals surface area contributed by atoms with Crippen LogP contribution in [0.4, 0.5) is 0 Å². The molecule has 0 spiro atoms. The average molecular weight is 384 g/mol. The smallest absolute Gasteiger partial charge is 0.348 e. The van der Waals surface area contributed by atoms with Crippen molar-refractivity contribution in [2.75, 3.05) is 6.61 Å². The van der Waals surface area contributed by atoms with Gasteiger partial charge in [0.05, 0.1) is 0 Å². The number of nitrogens with zero attached hydrogens (tertiary/aromatic N) is 2. The van der Waals surface area contributed by atoms with Gasteiger partial charge < -0.3 is 9.26 Å². The Bertz CT molecular complexity index is 1020. The van der Waals surface area contributed by atoms with E-state index in [-0.39, 0.29) is 12.4 Å². The highest BCUT2D eigenvalue weighted by Gasteiger charge is 2.22. The molecule has 0 fully saturated rings. The molecule has 0 amide bonds. The lowest BCUT2D eigenvalue weighted by Gasteiger charge is -2.05. The molecule has 140 valence electrons. The highest BCUT2D eigenvalue weighted by atomic mass is 32.1. The molecule has 4 rings (SSSR count). The monoisotopic (exact) mass is 384 g/mol. The fourth-order valence-electron chi connectivity index (χ4n) is 3.57. The van der Waals surface area contributed by atoms with Crippen molar-refractivity contribution in [3.8, 4) is 5.82 Å². The summed E-state index contributed by atoms with van der Waals surface area (Å²) in [6.45, 7) is 5.28. The Morgan fingerprint density at radius 3 is 2.74 bits per heavy atom. The van der Waals surface area contributed by atoms with E-state index < -0.39 is 5.97 Å². The maximum absolute atomic E-state index is 12.6. The first kappa shape index (κ1) is 17.7. The number of ether oxygens (including phenoxy) is 1. The molecule has 0 radical (unpaired) electrons. The number of esters is 1. The molecule has 0 saturated carbocycles. The highest BCUT2D eigenvalue weighted by molar-refractivity contribution is 7.14. The van der Waals surface area contributed by atoms with Crippen molar-refractivity contribution >= 4 is 23.1 Å². The second-order valence-corrected chi connectivity index (χ2v) is 7.96.